The standard InChI is InChI=1S/C17H26N2O2.ClH/c20-17(16-8-11-18-12-9-16)19-10-4-5-13-21-14-15-6-2-1-3-7-15;/h1-3,6-7,16,18H,4-5,8-14H2,(H,19,20);1H. The van der Waals surface area contributed by atoms with E-state index in [-0.39, 0.29) is 24.2 Å². The van der Waals surface area contributed by atoms with E-state index < -0.39 is 0 Å². The monoisotopic (exact) mass is 326 g/mol. The molecule has 5 heteroatoms. The SMILES string of the molecule is Cl.O=C(NCCCCOCc1ccccc1)C1CCNCC1. The second kappa shape index (κ2) is 11.5. The molecular weight excluding hydrogens is 300 g/mol. The number of hydrogen-bond acceptors (Lipinski definition) is 3. The summed E-state index contributed by atoms with van der Waals surface area (Å²) in [6.45, 7) is 4.11. The summed E-state index contributed by atoms with van der Waals surface area (Å²) in [7, 11) is 0. The smallest absolute Gasteiger partial charge is 0.223 e. The zero-order chi connectivity index (χ0) is 14.8. The highest BCUT2D eigenvalue weighted by atomic mass is 35.5. The summed E-state index contributed by atoms with van der Waals surface area (Å²) in [6.07, 6.45) is 3.89. The Labute approximate surface area is 139 Å². The number of nitrogens with one attached hydrogen (secondary N) is 2. The third-order valence-electron chi connectivity index (χ3n) is 3.84. The van der Waals surface area contributed by atoms with Crippen LogP contribution in [0.25, 0.3) is 0 Å². The van der Waals surface area contributed by atoms with Crippen molar-refractivity contribution >= 4 is 18.3 Å². The van der Waals surface area contributed by atoms with Gasteiger partial charge in [-0.05, 0) is 44.3 Å². The van der Waals surface area contributed by atoms with Gasteiger partial charge >= 0.3 is 0 Å². The molecule has 1 aromatic rings. The molecule has 1 aromatic carbocycles. The summed E-state index contributed by atoms with van der Waals surface area (Å²) in [5.74, 6) is 0.433. The van der Waals surface area contributed by atoms with Crippen molar-refractivity contribution in [1.29, 1.82) is 0 Å². The normalized spacial score (nSPS) is 15.1. The number of halogens is 1. The number of hydrogen-bond donors (Lipinski definition) is 2. The number of carbonyl (C=O) groups is 1. The van der Waals surface area contributed by atoms with Gasteiger partial charge in [-0.25, -0.2) is 0 Å². The highest BCUT2D eigenvalue weighted by Gasteiger charge is 2.19. The van der Waals surface area contributed by atoms with Crippen molar-refractivity contribution in [1.82, 2.24) is 10.6 Å². The lowest BCUT2D eigenvalue weighted by Gasteiger charge is -2.21. The molecule has 0 atom stereocenters. The van der Waals surface area contributed by atoms with Crippen LogP contribution in [0, 0.1) is 5.92 Å². The summed E-state index contributed by atoms with van der Waals surface area (Å²) < 4.78 is 5.62. The van der Waals surface area contributed by atoms with Crippen LogP contribution in [0.2, 0.25) is 0 Å². The maximum Gasteiger partial charge on any atom is 0.223 e. The van der Waals surface area contributed by atoms with Crippen LogP contribution in [0.5, 0.6) is 0 Å². The van der Waals surface area contributed by atoms with E-state index in [2.05, 4.69) is 22.8 Å². The molecule has 0 saturated carbocycles. The number of rotatable bonds is 8. The zero-order valence-corrected chi connectivity index (χ0v) is 13.9. The van der Waals surface area contributed by atoms with Crippen molar-refractivity contribution in [2.75, 3.05) is 26.2 Å². The van der Waals surface area contributed by atoms with Gasteiger partial charge in [0.2, 0.25) is 5.91 Å². The van der Waals surface area contributed by atoms with Gasteiger partial charge in [0, 0.05) is 19.1 Å². The summed E-state index contributed by atoms with van der Waals surface area (Å²) >= 11 is 0. The van der Waals surface area contributed by atoms with Gasteiger partial charge in [0.05, 0.1) is 6.61 Å². The minimum Gasteiger partial charge on any atom is -0.377 e. The third kappa shape index (κ3) is 7.25. The Balaban J connectivity index is 0.00000242. The average molecular weight is 327 g/mol. The number of benzene rings is 1. The number of unbranched alkanes of at least 4 members (excludes halogenated alkanes) is 1. The molecule has 0 unspecified atom stereocenters. The lowest BCUT2D eigenvalue weighted by atomic mass is 9.97. The topological polar surface area (TPSA) is 50.4 Å². The van der Waals surface area contributed by atoms with Gasteiger partial charge < -0.3 is 15.4 Å². The fourth-order valence-corrected chi connectivity index (χ4v) is 2.53. The van der Waals surface area contributed by atoms with E-state index in [1.165, 1.54) is 5.56 Å². The first-order valence-electron chi connectivity index (χ1n) is 7.96. The predicted octanol–water partition coefficient (Wildman–Crippen LogP) is 2.52. The van der Waals surface area contributed by atoms with Gasteiger partial charge in [0.15, 0.2) is 0 Å². The lowest BCUT2D eigenvalue weighted by Crippen LogP contribution is -2.38. The summed E-state index contributed by atoms with van der Waals surface area (Å²) in [5, 5.41) is 6.32. The molecule has 2 N–H and O–H groups in total. The average Bonchev–Trinajstić information content (AvgIpc) is 2.55. The van der Waals surface area contributed by atoms with E-state index in [0.29, 0.717) is 6.61 Å². The molecule has 1 fully saturated rings. The molecular formula is C17H27ClN2O2. The molecule has 124 valence electrons. The Morgan fingerprint density at radius 2 is 1.91 bits per heavy atom. The van der Waals surface area contributed by atoms with E-state index >= 15 is 0 Å². The molecule has 0 aliphatic carbocycles. The zero-order valence-electron chi connectivity index (χ0n) is 13.1. The van der Waals surface area contributed by atoms with Crippen LogP contribution in [0.3, 0.4) is 0 Å². The predicted molar refractivity (Wildman–Crippen MR) is 91.2 cm³/mol. The van der Waals surface area contributed by atoms with Gasteiger partial charge in [-0.1, -0.05) is 30.3 Å². The summed E-state index contributed by atoms with van der Waals surface area (Å²) in [5.41, 5.74) is 1.21. The molecule has 1 aliphatic heterocycles. The second-order valence-corrected chi connectivity index (χ2v) is 5.56. The van der Waals surface area contributed by atoms with E-state index in [9.17, 15) is 4.79 Å². The van der Waals surface area contributed by atoms with Crippen LogP contribution in [-0.2, 0) is 16.1 Å². The maximum atomic E-state index is 11.9. The molecule has 1 aliphatic rings. The van der Waals surface area contributed by atoms with Gasteiger partial charge in [-0.15, -0.1) is 12.4 Å². The van der Waals surface area contributed by atoms with E-state index in [1.807, 2.05) is 18.2 Å². The molecule has 2 rings (SSSR count). The molecule has 1 saturated heterocycles. The van der Waals surface area contributed by atoms with Crippen molar-refractivity contribution in [2.24, 2.45) is 5.92 Å². The first kappa shape index (κ1) is 18.9. The van der Waals surface area contributed by atoms with Crippen molar-refractivity contribution in [3.05, 3.63) is 35.9 Å². The van der Waals surface area contributed by atoms with Crippen LogP contribution in [0.1, 0.15) is 31.2 Å². The Kier molecular flexibility index (Phi) is 9.87. The second-order valence-electron chi connectivity index (χ2n) is 5.56. The maximum absolute atomic E-state index is 11.9. The van der Waals surface area contributed by atoms with Crippen molar-refractivity contribution in [3.8, 4) is 0 Å². The number of piperidine rings is 1. The van der Waals surface area contributed by atoms with Gasteiger partial charge in [-0.2, -0.15) is 0 Å². The largest absolute Gasteiger partial charge is 0.377 e. The van der Waals surface area contributed by atoms with Crippen molar-refractivity contribution < 1.29 is 9.53 Å². The van der Waals surface area contributed by atoms with Crippen LogP contribution < -0.4 is 10.6 Å². The first-order valence-corrected chi connectivity index (χ1v) is 7.96. The molecule has 0 radical (unpaired) electrons. The van der Waals surface area contributed by atoms with Crippen molar-refractivity contribution in [2.45, 2.75) is 32.3 Å². The van der Waals surface area contributed by atoms with Crippen LogP contribution in [-0.4, -0.2) is 32.1 Å². The highest BCUT2D eigenvalue weighted by Crippen LogP contribution is 2.11. The van der Waals surface area contributed by atoms with Gasteiger partial charge in [0.25, 0.3) is 0 Å². The third-order valence-corrected chi connectivity index (χ3v) is 3.84. The molecule has 1 heterocycles. The van der Waals surface area contributed by atoms with Gasteiger partial charge in [0.1, 0.15) is 0 Å². The van der Waals surface area contributed by atoms with Crippen LogP contribution in [0.15, 0.2) is 30.3 Å². The van der Waals surface area contributed by atoms with E-state index in [4.69, 9.17) is 4.74 Å². The minimum atomic E-state index is 0. The quantitative estimate of drug-likeness (QED) is 0.722. The van der Waals surface area contributed by atoms with E-state index in [1.54, 1.807) is 0 Å². The highest BCUT2D eigenvalue weighted by molar-refractivity contribution is 5.85. The Hall–Kier alpha value is -1.10. The fourth-order valence-electron chi connectivity index (χ4n) is 2.53. The Bertz CT molecular complexity index is 408. The number of carbonyl (C=O) groups excluding carboxylic acids is 1. The van der Waals surface area contributed by atoms with Gasteiger partial charge in [-0.3, -0.25) is 4.79 Å². The minimum absolute atomic E-state index is 0. The molecule has 0 bridgehead atoms. The molecule has 1 amide bonds. The summed E-state index contributed by atoms with van der Waals surface area (Å²) in [4.78, 5) is 11.9. The lowest BCUT2D eigenvalue weighted by molar-refractivity contribution is -0.125. The summed E-state index contributed by atoms with van der Waals surface area (Å²) in [6, 6.07) is 10.2. The van der Waals surface area contributed by atoms with Crippen molar-refractivity contribution in [3.63, 3.8) is 0 Å². The molecule has 0 aromatic heterocycles. The Morgan fingerprint density at radius 1 is 1.18 bits per heavy atom. The molecule has 4 nitrogen and oxygen atoms in total. The fraction of sp³-hybridized carbons (Fsp3) is 0.588. The first-order chi connectivity index (χ1) is 10.4. The number of ether oxygens (including phenoxy) is 1. The molecule has 22 heavy (non-hydrogen) atoms. The number of amides is 1. The Morgan fingerprint density at radius 3 is 2.64 bits per heavy atom. The van der Waals surface area contributed by atoms with E-state index in [0.717, 1.165) is 51.9 Å². The van der Waals surface area contributed by atoms with Crippen LogP contribution in [0.4, 0.5) is 0 Å². The molecule has 0 spiro atoms. The van der Waals surface area contributed by atoms with Crippen LogP contribution >= 0.6 is 12.4 Å².